The number of nitrogens with zero attached hydrogens (tertiary/aromatic N) is 2. The highest BCUT2D eigenvalue weighted by Crippen LogP contribution is 2.18. The van der Waals surface area contributed by atoms with E-state index in [1.807, 2.05) is 42.3 Å². The van der Waals surface area contributed by atoms with Crippen LogP contribution >= 0.6 is 24.0 Å². The predicted octanol–water partition coefficient (Wildman–Crippen LogP) is 3.70. The smallest absolute Gasteiger partial charge is 0.193 e. The molecule has 0 aliphatic rings. The fourth-order valence-corrected chi connectivity index (χ4v) is 2.56. The maximum atomic E-state index is 13.6. The summed E-state index contributed by atoms with van der Waals surface area (Å²) in [4.78, 5) is 6.30. The average molecular weight is 457 g/mol. The number of methoxy groups -OCH3 is 1. The van der Waals surface area contributed by atoms with Crippen LogP contribution in [0.4, 0.5) is 4.39 Å². The second kappa shape index (κ2) is 10.9. The molecule has 4 nitrogen and oxygen atoms in total. The quantitative estimate of drug-likeness (QED) is 0.409. The van der Waals surface area contributed by atoms with E-state index in [4.69, 9.17) is 4.74 Å². The SMILES string of the molecule is CN=C(NCCc1ccccc1F)N(C)Cc1ccccc1OC.I. The molecule has 2 aromatic carbocycles. The zero-order valence-corrected chi connectivity index (χ0v) is 17.2. The monoisotopic (exact) mass is 457 g/mol. The molecule has 136 valence electrons. The fraction of sp³-hybridized carbons (Fsp3) is 0.316. The highest BCUT2D eigenvalue weighted by Gasteiger charge is 2.10. The Labute approximate surface area is 166 Å². The van der Waals surface area contributed by atoms with E-state index < -0.39 is 0 Å². The van der Waals surface area contributed by atoms with Gasteiger partial charge in [-0.3, -0.25) is 4.99 Å². The molecule has 0 saturated carbocycles. The maximum absolute atomic E-state index is 13.6. The number of hydrogen-bond donors (Lipinski definition) is 1. The van der Waals surface area contributed by atoms with Crippen LogP contribution in [-0.2, 0) is 13.0 Å². The van der Waals surface area contributed by atoms with Gasteiger partial charge in [-0.05, 0) is 24.1 Å². The van der Waals surface area contributed by atoms with Crippen molar-refractivity contribution in [1.29, 1.82) is 0 Å². The van der Waals surface area contributed by atoms with E-state index in [2.05, 4.69) is 10.3 Å². The molecule has 25 heavy (non-hydrogen) atoms. The molecule has 2 rings (SSSR count). The number of aliphatic imine (C=N–C) groups is 1. The first-order valence-corrected chi connectivity index (χ1v) is 7.92. The van der Waals surface area contributed by atoms with E-state index >= 15 is 0 Å². The number of guanidine groups is 1. The third-order valence-electron chi connectivity index (χ3n) is 3.81. The summed E-state index contributed by atoms with van der Waals surface area (Å²) in [5, 5.41) is 3.27. The maximum Gasteiger partial charge on any atom is 0.193 e. The molecule has 0 atom stereocenters. The van der Waals surface area contributed by atoms with Gasteiger partial charge in [0.25, 0.3) is 0 Å². The molecular formula is C19H25FIN3O. The molecule has 0 aliphatic carbocycles. The van der Waals surface area contributed by atoms with Gasteiger partial charge in [0.2, 0.25) is 0 Å². The molecule has 0 aromatic heterocycles. The summed E-state index contributed by atoms with van der Waals surface area (Å²) in [5.74, 6) is 1.44. The van der Waals surface area contributed by atoms with E-state index in [0.717, 1.165) is 17.3 Å². The molecule has 0 aliphatic heterocycles. The normalized spacial score (nSPS) is 10.8. The molecule has 1 N–H and O–H groups in total. The number of halogens is 2. The summed E-state index contributed by atoms with van der Waals surface area (Å²) < 4.78 is 19.0. The van der Waals surface area contributed by atoms with Crippen LogP contribution in [0.15, 0.2) is 53.5 Å². The number of ether oxygens (including phenoxy) is 1. The van der Waals surface area contributed by atoms with Crippen molar-refractivity contribution in [3.63, 3.8) is 0 Å². The van der Waals surface area contributed by atoms with Crippen molar-refractivity contribution in [3.8, 4) is 5.75 Å². The minimum Gasteiger partial charge on any atom is -0.496 e. The summed E-state index contributed by atoms with van der Waals surface area (Å²) in [6.45, 7) is 1.28. The predicted molar refractivity (Wildman–Crippen MR) is 111 cm³/mol. The molecule has 0 spiro atoms. The van der Waals surface area contributed by atoms with Crippen molar-refractivity contribution in [2.45, 2.75) is 13.0 Å². The van der Waals surface area contributed by atoms with Crippen LogP contribution in [0.5, 0.6) is 5.75 Å². The van der Waals surface area contributed by atoms with E-state index in [0.29, 0.717) is 25.1 Å². The van der Waals surface area contributed by atoms with E-state index in [9.17, 15) is 4.39 Å². The van der Waals surface area contributed by atoms with Gasteiger partial charge in [-0.2, -0.15) is 0 Å². The lowest BCUT2D eigenvalue weighted by molar-refractivity contribution is 0.396. The van der Waals surface area contributed by atoms with Crippen molar-refractivity contribution in [3.05, 3.63) is 65.5 Å². The zero-order chi connectivity index (χ0) is 17.4. The van der Waals surface area contributed by atoms with Crippen LogP contribution in [0.3, 0.4) is 0 Å². The van der Waals surface area contributed by atoms with Gasteiger partial charge in [-0.15, -0.1) is 24.0 Å². The molecule has 0 unspecified atom stereocenters. The Morgan fingerprint density at radius 1 is 1.12 bits per heavy atom. The van der Waals surface area contributed by atoms with Crippen LogP contribution in [0.25, 0.3) is 0 Å². The van der Waals surface area contributed by atoms with Crippen molar-refractivity contribution in [2.75, 3.05) is 27.7 Å². The van der Waals surface area contributed by atoms with Gasteiger partial charge in [0.1, 0.15) is 11.6 Å². The lowest BCUT2D eigenvalue weighted by Gasteiger charge is -2.23. The van der Waals surface area contributed by atoms with E-state index in [1.54, 1.807) is 26.3 Å². The lowest BCUT2D eigenvalue weighted by atomic mass is 10.1. The molecule has 0 amide bonds. The number of benzene rings is 2. The summed E-state index contributed by atoms with van der Waals surface area (Å²) in [6.07, 6.45) is 0.605. The first-order valence-electron chi connectivity index (χ1n) is 7.92. The van der Waals surface area contributed by atoms with E-state index in [1.165, 1.54) is 6.07 Å². The van der Waals surface area contributed by atoms with Crippen LogP contribution in [0.2, 0.25) is 0 Å². The van der Waals surface area contributed by atoms with Crippen LogP contribution in [0, 0.1) is 5.82 Å². The number of para-hydroxylation sites is 1. The topological polar surface area (TPSA) is 36.9 Å². The van der Waals surface area contributed by atoms with Gasteiger partial charge in [0.15, 0.2) is 5.96 Å². The lowest BCUT2D eigenvalue weighted by Crippen LogP contribution is -2.39. The Hall–Kier alpha value is -1.83. The van der Waals surface area contributed by atoms with Crippen LogP contribution < -0.4 is 10.1 Å². The summed E-state index contributed by atoms with van der Waals surface area (Å²) in [7, 11) is 5.37. The molecule has 6 heteroatoms. The Balaban J connectivity index is 0.00000312. The highest BCUT2D eigenvalue weighted by molar-refractivity contribution is 14.0. The van der Waals surface area contributed by atoms with Crippen LogP contribution in [-0.4, -0.2) is 38.6 Å². The standard InChI is InChI=1S/C19H24FN3O.HI/c1-21-19(22-13-12-15-8-4-6-10-17(15)20)23(2)14-16-9-5-7-11-18(16)24-3;/h4-11H,12-14H2,1-3H3,(H,21,22);1H. The van der Waals surface area contributed by atoms with Crippen molar-refractivity contribution in [2.24, 2.45) is 4.99 Å². The molecular weight excluding hydrogens is 432 g/mol. The Kier molecular flexibility index (Phi) is 9.26. The first kappa shape index (κ1) is 21.2. The molecule has 0 saturated heterocycles. The van der Waals surface area contributed by atoms with Gasteiger partial charge in [0.05, 0.1) is 7.11 Å². The summed E-state index contributed by atoms with van der Waals surface area (Å²) in [5.41, 5.74) is 1.78. The highest BCUT2D eigenvalue weighted by atomic mass is 127. The van der Waals surface area contributed by atoms with Gasteiger partial charge in [-0.1, -0.05) is 36.4 Å². The number of rotatable bonds is 6. The minimum atomic E-state index is -0.170. The van der Waals surface area contributed by atoms with Crippen molar-refractivity contribution in [1.82, 2.24) is 10.2 Å². The van der Waals surface area contributed by atoms with Gasteiger partial charge in [-0.25, -0.2) is 4.39 Å². The number of hydrogen-bond acceptors (Lipinski definition) is 2. The Bertz CT molecular complexity index is 694. The third kappa shape index (κ3) is 6.19. The van der Waals surface area contributed by atoms with E-state index in [-0.39, 0.29) is 29.8 Å². The van der Waals surface area contributed by atoms with Crippen LogP contribution in [0.1, 0.15) is 11.1 Å². The molecule has 0 bridgehead atoms. The first-order chi connectivity index (χ1) is 11.7. The summed E-state index contributed by atoms with van der Waals surface area (Å²) >= 11 is 0. The number of nitrogens with one attached hydrogen (secondary N) is 1. The Morgan fingerprint density at radius 2 is 1.76 bits per heavy atom. The third-order valence-corrected chi connectivity index (χ3v) is 3.81. The van der Waals surface area contributed by atoms with Gasteiger partial charge >= 0.3 is 0 Å². The molecule has 0 heterocycles. The second-order valence-electron chi connectivity index (χ2n) is 5.48. The van der Waals surface area contributed by atoms with Gasteiger partial charge < -0.3 is 15.0 Å². The largest absolute Gasteiger partial charge is 0.496 e. The summed E-state index contributed by atoms with van der Waals surface area (Å²) in [6, 6.07) is 14.7. The second-order valence-corrected chi connectivity index (χ2v) is 5.48. The fourth-order valence-electron chi connectivity index (χ4n) is 2.56. The zero-order valence-electron chi connectivity index (χ0n) is 14.8. The molecule has 0 fully saturated rings. The average Bonchev–Trinajstić information content (AvgIpc) is 2.60. The van der Waals surface area contributed by atoms with Crippen molar-refractivity contribution >= 4 is 29.9 Å². The van der Waals surface area contributed by atoms with Crippen molar-refractivity contribution < 1.29 is 9.13 Å². The minimum absolute atomic E-state index is 0. The molecule has 2 aromatic rings. The van der Waals surface area contributed by atoms with Gasteiger partial charge in [0, 0.05) is 32.7 Å². The Morgan fingerprint density at radius 3 is 2.40 bits per heavy atom. The molecule has 0 radical (unpaired) electrons.